The molecule has 0 spiro atoms. The molecule has 0 bridgehead atoms. The maximum atomic E-state index is 12.5. The van der Waals surface area contributed by atoms with E-state index in [0.717, 1.165) is 23.8 Å². The van der Waals surface area contributed by atoms with Crippen LogP contribution in [0.25, 0.3) is 0 Å². The molecule has 7 nitrogen and oxygen atoms in total. The molecule has 124 valence electrons. The Morgan fingerprint density at radius 2 is 1.96 bits per heavy atom. The van der Waals surface area contributed by atoms with Gasteiger partial charge in [-0.2, -0.15) is 0 Å². The number of carboxylic acid groups (broad SMARTS) is 1. The molecule has 0 aromatic heterocycles. The lowest BCUT2D eigenvalue weighted by Gasteiger charge is -2.08. The van der Waals surface area contributed by atoms with Crippen LogP contribution in [0.4, 0.5) is 0 Å². The fourth-order valence-electron chi connectivity index (χ4n) is 2.54. The maximum Gasteiger partial charge on any atom is 0.491 e. The van der Waals surface area contributed by atoms with Crippen LogP contribution in [0.3, 0.4) is 0 Å². The Bertz CT molecular complexity index is 923. The van der Waals surface area contributed by atoms with Crippen molar-refractivity contribution >= 4 is 28.4 Å². The van der Waals surface area contributed by atoms with Crippen LogP contribution in [-0.2, 0) is 26.9 Å². The van der Waals surface area contributed by atoms with Gasteiger partial charge in [-0.25, -0.2) is 13.2 Å². The summed E-state index contributed by atoms with van der Waals surface area (Å²) >= 11 is 0. The first-order valence-corrected chi connectivity index (χ1v) is 8.63. The Labute approximate surface area is 138 Å². The zero-order valence-electron chi connectivity index (χ0n) is 12.3. The summed E-state index contributed by atoms with van der Waals surface area (Å²) in [5.74, 6) is -2.28. The standard InChI is InChI=1S/C15H13BO7S/c17-14-4-3-11(6-12(14)15(18)19)24(21,22)8-9-1-2-10-7-23-16(20)13(10)5-9/h1-6,17,20H,7-8H2,(H,18,19). The number of rotatable bonds is 4. The Morgan fingerprint density at radius 3 is 2.67 bits per heavy atom. The number of aromatic carboxylic acids is 1. The summed E-state index contributed by atoms with van der Waals surface area (Å²) in [6.45, 7) is 0.267. The van der Waals surface area contributed by atoms with Crippen molar-refractivity contribution in [2.24, 2.45) is 0 Å². The van der Waals surface area contributed by atoms with Crippen molar-refractivity contribution in [1.82, 2.24) is 0 Å². The van der Waals surface area contributed by atoms with Crippen molar-refractivity contribution < 1.29 is 33.1 Å². The van der Waals surface area contributed by atoms with E-state index in [9.17, 15) is 23.3 Å². The van der Waals surface area contributed by atoms with Crippen LogP contribution in [0.1, 0.15) is 21.5 Å². The molecule has 0 amide bonds. The molecule has 0 saturated heterocycles. The molecule has 3 N–H and O–H groups in total. The highest BCUT2D eigenvalue weighted by atomic mass is 32.2. The van der Waals surface area contributed by atoms with Crippen molar-refractivity contribution in [3.63, 3.8) is 0 Å². The normalized spacial score (nSPS) is 13.8. The molecule has 0 unspecified atom stereocenters. The molecule has 2 aromatic rings. The number of sulfone groups is 1. The van der Waals surface area contributed by atoms with Gasteiger partial charge < -0.3 is 19.9 Å². The topological polar surface area (TPSA) is 121 Å². The summed E-state index contributed by atoms with van der Waals surface area (Å²) in [6.07, 6.45) is 0. The zero-order chi connectivity index (χ0) is 17.5. The first-order chi connectivity index (χ1) is 11.3. The van der Waals surface area contributed by atoms with Gasteiger partial charge in [0.1, 0.15) is 11.3 Å². The summed E-state index contributed by atoms with van der Waals surface area (Å²) in [6, 6.07) is 7.99. The quantitative estimate of drug-likeness (QED) is 0.679. The lowest BCUT2D eigenvalue weighted by Crippen LogP contribution is -2.28. The fourth-order valence-corrected chi connectivity index (χ4v) is 3.89. The van der Waals surface area contributed by atoms with Gasteiger partial charge in [0, 0.05) is 0 Å². The summed E-state index contributed by atoms with van der Waals surface area (Å²) in [4.78, 5) is 10.8. The lowest BCUT2D eigenvalue weighted by molar-refractivity contribution is 0.0693. The van der Waals surface area contributed by atoms with E-state index < -0.39 is 34.2 Å². The Hall–Kier alpha value is -2.36. The van der Waals surface area contributed by atoms with Crippen LogP contribution >= 0.6 is 0 Å². The maximum absolute atomic E-state index is 12.5. The highest BCUT2D eigenvalue weighted by molar-refractivity contribution is 7.90. The first-order valence-electron chi connectivity index (χ1n) is 6.98. The van der Waals surface area contributed by atoms with Gasteiger partial charge in [0.15, 0.2) is 9.84 Å². The molecule has 3 rings (SSSR count). The average Bonchev–Trinajstić information content (AvgIpc) is 2.88. The third-order valence-electron chi connectivity index (χ3n) is 3.79. The van der Waals surface area contributed by atoms with Gasteiger partial charge in [0.25, 0.3) is 0 Å². The van der Waals surface area contributed by atoms with Crippen molar-refractivity contribution in [3.05, 3.63) is 53.1 Å². The van der Waals surface area contributed by atoms with E-state index in [1.54, 1.807) is 18.2 Å². The van der Waals surface area contributed by atoms with Gasteiger partial charge in [-0.15, -0.1) is 0 Å². The summed E-state index contributed by atoms with van der Waals surface area (Å²) < 4.78 is 30.1. The second-order valence-corrected chi connectivity index (χ2v) is 7.43. The van der Waals surface area contributed by atoms with Gasteiger partial charge in [0.2, 0.25) is 0 Å². The van der Waals surface area contributed by atoms with E-state index in [4.69, 9.17) is 9.76 Å². The van der Waals surface area contributed by atoms with Crippen molar-refractivity contribution in [3.8, 4) is 5.75 Å². The summed E-state index contributed by atoms with van der Waals surface area (Å²) in [7, 11) is -4.89. The molecule has 0 saturated carbocycles. The Balaban J connectivity index is 1.94. The van der Waals surface area contributed by atoms with E-state index in [1.807, 2.05) is 0 Å². The van der Waals surface area contributed by atoms with E-state index in [-0.39, 0.29) is 17.3 Å². The molecule has 0 atom stereocenters. The van der Waals surface area contributed by atoms with Gasteiger partial charge in [0.05, 0.1) is 17.3 Å². The lowest BCUT2D eigenvalue weighted by atomic mass is 9.79. The minimum atomic E-state index is -3.82. The monoisotopic (exact) mass is 348 g/mol. The van der Waals surface area contributed by atoms with Gasteiger partial charge in [-0.1, -0.05) is 18.2 Å². The van der Waals surface area contributed by atoms with Gasteiger partial charge in [-0.05, 0) is 34.8 Å². The predicted molar refractivity (Wildman–Crippen MR) is 84.8 cm³/mol. The first kappa shape index (κ1) is 16.5. The number of phenols is 1. The molecule has 9 heteroatoms. The van der Waals surface area contributed by atoms with Crippen LogP contribution in [0.15, 0.2) is 41.3 Å². The second kappa shape index (κ2) is 5.93. The molecule has 2 aromatic carbocycles. The number of carboxylic acids is 1. The second-order valence-electron chi connectivity index (χ2n) is 5.44. The summed E-state index contributed by atoms with van der Waals surface area (Å²) in [5.41, 5.74) is 1.29. The van der Waals surface area contributed by atoms with Crippen LogP contribution in [0, 0.1) is 0 Å². The smallest absolute Gasteiger partial charge is 0.491 e. The summed E-state index contributed by atoms with van der Waals surface area (Å²) in [5, 5.41) is 28.1. The number of hydrogen-bond donors (Lipinski definition) is 3. The molecule has 1 aliphatic heterocycles. The minimum absolute atomic E-state index is 0.199. The molecule has 1 aliphatic rings. The largest absolute Gasteiger partial charge is 0.507 e. The van der Waals surface area contributed by atoms with E-state index in [0.29, 0.717) is 11.0 Å². The average molecular weight is 348 g/mol. The van der Waals surface area contributed by atoms with Crippen molar-refractivity contribution in [1.29, 1.82) is 0 Å². The highest BCUT2D eigenvalue weighted by Gasteiger charge is 2.28. The van der Waals surface area contributed by atoms with Crippen LogP contribution < -0.4 is 5.46 Å². The molecule has 0 fully saturated rings. The molecule has 0 radical (unpaired) electrons. The van der Waals surface area contributed by atoms with Crippen LogP contribution in [0.2, 0.25) is 0 Å². The Morgan fingerprint density at radius 1 is 1.21 bits per heavy atom. The fraction of sp³-hybridized carbons (Fsp3) is 0.133. The van der Waals surface area contributed by atoms with Crippen LogP contribution in [-0.4, -0.2) is 36.7 Å². The van der Waals surface area contributed by atoms with Gasteiger partial charge >= 0.3 is 13.1 Å². The van der Waals surface area contributed by atoms with E-state index >= 15 is 0 Å². The Kier molecular flexibility index (Phi) is 4.08. The number of aromatic hydroxyl groups is 1. The zero-order valence-corrected chi connectivity index (χ0v) is 13.2. The molecular formula is C15H13BO7S. The molecule has 1 heterocycles. The third-order valence-corrected chi connectivity index (χ3v) is 5.47. The molecule has 0 aliphatic carbocycles. The van der Waals surface area contributed by atoms with E-state index in [2.05, 4.69) is 0 Å². The third kappa shape index (κ3) is 3.01. The molecular weight excluding hydrogens is 335 g/mol. The van der Waals surface area contributed by atoms with Crippen LogP contribution in [0.5, 0.6) is 5.75 Å². The SMILES string of the molecule is O=C(O)c1cc(S(=O)(=O)Cc2ccc3c(c2)B(O)OC3)ccc1O. The van der Waals surface area contributed by atoms with E-state index in [1.165, 1.54) is 0 Å². The van der Waals surface area contributed by atoms with Gasteiger partial charge in [-0.3, -0.25) is 0 Å². The molecule has 24 heavy (non-hydrogen) atoms. The minimum Gasteiger partial charge on any atom is -0.507 e. The highest BCUT2D eigenvalue weighted by Crippen LogP contribution is 2.24. The van der Waals surface area contributed by atoms with Crippen molar-refractivity contribution in [2.75, 3.05) is 0 Å². The van der Waals surface area contributed by atoms with Crippen molar-refractivity contribution in [2.45, 2.75) is 17.3 Å². The number of hydrogen-bond acceptors (Lipinski definition) is 6. The number of carbonyl (C=O) groups is 1. The number of fused-ring (bicyclic) bond motifs is 1. The number of benzene rings is 2. The predicted octanol–water partition coefficient (Wildman–Crippen LogP) is 0.282.